The van der Waals surface area contributed by atoms with Crippen molar-refractivity contribution in [1.82, 2.24) is 4.98 Å². The lowest BCUT2D eigenvalue weighted by atomic mass is 9.94. The van der Waals surface area contributed by atoms with Crippen molar-refractivity contribution < 1.29 is 24.2 Å². The molecule has 1 aliphatic rings. The zero-order valence-electron chi connectivity index (χ0n) is 21.8. The van der Waals surface area contributed by atoms with Crippen molar-refractivity contribution in [3.8, 4) is 11.5 Å². The van der Waals surface area contributed by atoms with Gasteiger partial charge in [0.25, 0.3) is 5.78 Å². The van der Waals surface area contributed by atoms with Gasteiger partial charge in [0.1, 0.15) is 17.3 Å². The highest BCUT2D eigenvalue weighted by Gasteiger charge is 2.48. The molecule has 38 heavy (non-hydrogen) atoms. The van der Waals surface area contributed by atoms with Crippen molar-refractivity contribution in [3.05, 3.63) is 88.5 Å². The van der Waals surface area contributed by atoms with Crippen LogP contribution in [0.15, 0.2) is 66.2 Å². The SMILES string of the molecule is COc1ccc2nc(N3C(=O)C(=O)/C(=C(/O)c4ccc(OC(C)C)c(C)c4)C3c3cccc(C)c3)sc2c1. The van der Waals surface area contributed by atoms with Crippen molar-refractivity contribution >= 4 is 44.1 Å². The van der Waals surface area contributed by atoms with E-state index in [1.165, 1.54) is 16.2 Å². The van der Waals surface area contributed by atoms with Gasteiger partial charge in [0, 0.05) is 5.56 Å². The molecule has 1 aromatic heterocycles. The summed E-state index contributed by atoms with van der Waals surface area (Å²) in [5.74, 6) is -0.367. The van der Waals surface area contributed by atoms with E-state index < -0.39 is 17.7 Å². The third kappa shape index (κ3) is 4.52. The molecular formula is C30H28N2O5S. The van der Waals surface area contributed by atoms with Gasteiger partial charge in [0.2, 0.25) is 0 Å². The van der Waals surface area contributed by atoms with Gasteiger partial charge in [0.15, 0.2) is 5.13 Å². The fourth-order valence-corrected chi connectivity index (χ4v) is 5.67. The molecule has 0 bridgehead atoms. The Morgan fingerprint density at radius 2 is 1.84 bits per heavy atom. The number of nitrogens with zero attached hydrogens (tertiary/aromatic N) is 2. The van der Waals surface area contributed by atoms with Crippen LogP contribution in [0, 0.1) is 13.8 Å². The zero-order chi connectivity index (χ0) is 27.1. The summed E-state index contributed by atoms with van der Waals surface area (Å²) in [6, 6.07) is 17.4. The molecule has 1 saturated heterocycles. The van der Waals surface area contributed by atoms with Gasteiger partial charge in [-0.2, -0.15) is 0 Å². The monoisotopic (exact) mass is 528 g/mol. The maximum atomic E-state index is 13.5. The summed E-state index contributed by atoms with van der Waals surface area (Å²) in [5.41, 5.74) is 3.63. The van der Waals surface area contributed by atoms with Gasteiger partial charge < -0.3 is 14.6 Å². The maximum Gasteiger partial charge on any atom is 0.301 e. The number of ketones is 1. The van der Waals surface area contributed by atoms with Gasteiger partial charge in [0.05, 0.1) is 35.0 Å². The van der Waals surface area contributed by atoms with Crippen molar-refractivity contribution in [2.75, 3.05) is 12.0 Å². The Morgan fingerprint density at radius 1 is 1.05 bits per heavy atom. The summed E-state index contributed by atoms with van der Waals surface area (Å²) in [4.78, 5) is 33.1. The standard InChI is InChI=1S/C30H28N2O5S/c1-16(2)37-23-12-9-20(14-18(23)4)27(33)25-26(19-8-6-7-17(3)13-19)32(29(35)28(25)34)30-31-22-11-10-21(36-5)15-24(22)38-30/h6-16,26,33H,1-5H3/b27-25+. The number of carbonyl (C=O) groups excluding carboxylic acids is 2. The summed E-state index contributed by atoms with van der Waals surface area (Å²) in [6.45, 7) is 7.69. The van der Waals surface area contributed by atoms with Crippen LogP contribution in [-0.2, 0) is 9.59 Å². The maximum absolute atomic E-state index is 13.5. The molecule has 0 spiro atoms. The summed E-state index contributed by atoms with van der Waals surface area (Å²) in [5, 5.41) is 11.9. The number of aliphatic hydroxyl groups excluding tert-OH is 1. The Kier molecular flexibility index (Phi) is 6.67. The highest BCUT2D eigenvalue weighted by molar-refractivity contribution is 7.22. The Morgan fingerprint density at radius 3 is 2.53 bits per heavy atom. The molecule has 5 rings (SSSR count). The molecule has 3 aromatic carbocycles. The topological polar surface area (TPSA) is 89.0 Å². The fourth-order valence-electron chi connectivity index (χ4n) is 4.65. The number of hydrogen-bond donors (Lipinski definition) is 1. The van der Waals surface area contributed by atoms with E-state index in [9.17, 15) is 14.7 Å². The van der Waals surface area contributed by atoms with Crippen molar-refractivity contribution in [2.45, 2.75) is 39.8 Å². The molecule has 4 aromatic rings. The van der Waals surface area contributed by atoms with Crippen LogP contribution in [0.25, 0.3) is 16.0 Å². The summed E-state index contributed by atoms with van der Waals surface area (Å²) in [7, 11) is 1.59. The van der Waals surface area contributed by atoms with E-state index in [0.717, 1.165) is 15.8 Å². The van der Waals surface area contributed by atoms with Gasteiger partial charge in [-0.3, -0.25) is 14.5 Å². The number of anilines is 1. The Labute approximate surface area is 225 Å². The van der Waals surface area contributed by atoms with Gasteiger partial charge in [-0.1, -0.05) is 41.2 Å². The minimum atomic E-state index is -0.843. The lowest BCUT2D eigenvalue weighted by Gasteiger charge is -2.23. The smallest absolute Gasteiger partial charge is 0.301 e. The molecule has 1 aliphatic heterocycles. The van der Waals surface area contributed by atoms with Gasteiger partial charge >= 0.3 is 5.91 Å². The number of methoxy groups -OCH3 is 1. The first-order valence-electron chi connectivity index (χ1n) is 12.3. The minimum Gasteiger partial charge on any atom is -0.507 e. The largest absolute Gasteiger partial charge is 0.507 e. The molecule has 2 heterocycles. The van der Waals surface area contributed by atoms with E-state index in [0.29, 0.717) is 33.3 Å². The highest BCUT2D eigenvalue weighted by Crippen LogP contribution is 2.45. The Hall–Kier alpha value is -4.17. The van der Waals surface area contributed by atoms with E-state index in [1.807, 2.05) is 64.1 Å². The number of rotatable bonds is 6. The van der Waals surface area contributed by atoms with Crippen LogP contribution < -0.4 is 14.4 Å². The Bertz CT molecular complexity index is 1600. The van der Waals surface area contributed by atoms with E-state index in [1.54, 1.807) is 31.4 Å². The van der Waals surface area contributed by atoms with Crippen molar-refractivity contribution in [1.29, 1.82) is 0 Å². The number of amides is 1. The molecule has 0 aliphatic carbocycles. The van der Waals surface area contributed by atoms with Crippen LogP contribution in [0.1, 0.15) is 42.1 Å². The number of fused-ring (bicyclic) bond motifs is 1. The van der Waals surface area contributed by atoms with E-state index in [4.69, 9.17) is 9.47 Å². The number of thiazole rings is 1. The predicted octanol–water partition coefficient (Wildman–Crippen LogP) is 6.34. The molecule has 1 amide bonds. The second-order valence-electron chi connectivity index (χ2n) is 9.56. The Balaban J connectivity index is 1.68. The van der Waals surface area contributed by atoms with Gasteiger partial charge in [-0.25, -0.2) is 4.98 Å². The fraction of sp³-hybridized carbons (Fsp3) is 0.233. The molecular weight excluding hydrogens is 500 g/mol. The zero-order valence-corrected chi connectivity index (χ0v) is 22.6. The lowest BCUT2D eigenvalue weighted by molar-refractivity contribution is -0.132. The van der Waals surface area contributed by atoms with Crippen LogP contribution in [-0.4, -0.2) is 35.0 Å². The molecule has 1 unspecified atom stereocenters. The first-order valence-corrected chi connectivity index (χ1v) is 13.1. The first kappa shape index (κ1) is 25.5. The summed E-state index contributed by atoms with van der Waals surface area (Å²) in [6.07, 6.45) is -0.00595. The average molecular weight is 529 g/mol. The molecule has 7 nitrogen and oxygen atoms in total. The number of hydrogen-bond acceptors (Lipinski definition) is 7. The molecule has 1 N–H and O–H groups in total. The second kappa shape index (κ2) is 9.95. The van der Waals surface area contributed by atoms with Gasteiger partial charge in [-0.05, 0) is 75.2 Å². The number of benzene rings is 3. The van der Waals surface area contributed by atoms with Crippen LogP contribution in [0.5, 0.6) is 11.5 Å². The second-order valence-corrected chi connectivity index (χ2v) is 10.6. The highest BCUT2D eigenvalue weighted by atomic mass is 32.1. The molecule has 1 atom stereocenters. The number of carbonyl (C=O) groups is 2. The van der Waals surface area contributed by atoms with E-state index >= 15 is 0 Å². The van der Waals surface area contributed by atoms with Crippen LogP contribution >= 0.6 is 11.3 Å². The molecule has 0 saturated carbocycles. The van der Waals surface area contributed by atoms with Crippen molar-refractivity contribution in [3.63, 3.8) is 0 Å². The quantitative estimate of drug-likeness (QED) is 0.179. The third-order valence-corrected chi connectivity index (χ3v) is 7.42. The van der Waals surface area contributed by atoms with Crippen LogP contribution in [0.2, 0.25) is 0 Å². The normalized spacial score (nSPS) is 17.0. The minimum absolute atomic E-state index is 0.00595. The number of Topliss-reactive ketones (excluding diaryl/α,β-unsaturated/α-hetero) is 1. The molecule has 1 fully saturated rings. The summed E-state index contributed by atoms with van der Waals surface area (Å²) < 4.78 is 12.0. The lowest BCUT2D eigenvalue weighted by Crippen LogP contribution is -2.29. The molecule has 8 heteroatoms. The van der Waals surface area contributed by atoms with Crippen molar-refractivity contribution in [2.24, 2.45) is 0 Å². The third-order valence-electron chi connectivity index (χ3n) is 6.40. The molecule has 194 valence electrons. The summed E-state index contributed by atoms with van der Waals surface area (Å²) >= 11 is 1.29. The van der Waals surface area contributed by atoms with Crippen LogP contribution in [0.4, 0.5) is 5.13 Å². The average Bonchev–Trinajstić information content (AvgIpc) is 3.42. The predicted molar refractivity (Wildman–Crippen MR) is 149 cm³/mol. The van der Waals surface area contributed by atoms with E-state index in [-0.39, 0.29) is 17.4 Å². The van der Waals surface area contributed by atoms with Gasteiger partial charge in [-0.15, -0.1) is 0 Å². The number of aliphatic hydroxyl groups is 1. The number of aromatic nitrogens is 1. The van der Waals surface area contributed by atoms with E-state index in [2.05, 4.69) is 4.98 Å². The number of ether oxygens (including phenoxy) is 2. The number of aryl methyl sites for hydroxylation is 2. The van der Waals surface area contributed by atoms with Crippen LogP contribution in [0.3, 0.4) is 0 Å². The molecule has 0 radical (unpaired) electrons. The first-order chi connectivity index (χ1) is 18.2.